The van der Waals surface area contributed by atoms with Crippen LogP contribution in [0.15, 0.2) is 23.8 Å². The molecule has 32 heavy (non-hydrogen) atoms. The molecule has 0 fully saturated rings. The van der Waals surface area contributed by atoms with Crippen molar-refractivity contribution in [2.75, 3.05) is 0 Å². The van der Waals surface area contributed by atoms with Gasteiger partial charge in [-0.05, 0) is 31.1 Å². The lowest BCUT2D eigenvalue weighted by molar-refractivity contribution is -0.157. The molecule has 2 unspecified atom stereocenters. The van der Waals surface area contributed by atoms with Crippen LogP contribution in [-0.4, -0.2) is 22.2 Å². The Morgan fingerprint density at radius 1 is 0.812 bits per heavy atom. The van der Waals surface area contributed by atoms with Crippen molar-refractivity contribution in [3.63, 3.8) is 0 Å². The zero-order valence-corrected chi connectivity index (χ0v) is 21.1. The Bertz CT molecular complexity index is 617. The zero-order valence-electron chi connectivity index (χ0n) is 21.1. The molecule has 4 heteroatoms. The van der Waals surface area contributed by atoms with Crippen molar-refractivity contribution in [1.29, 1.82) is 0 Å². The molecule has 0 heterocycles. The van der Waals surface area contributed by atoms with Gasteiger partial charge in [0.1, 0.15) is 5.41 Å². The van der Waals surface area contributed by atoms with Gasteiger partial charge in [-0.2, -0.15) is 0 Å². The summed E-state index contributed by atoms with van der Waals surface area (Å²) < 4.78 is 0. The Balaban J connectivity index is 2.54. The number of hydrogen-bond acceptors (Lipinski definition) is 2. The molecule has 0 saturated heterocycles. The average Bonchev–Trinajstić information content (AvgIpc) is 2.72. The van der Waals surface area contributed by atoms with E-state index in [0.717, 1.165) is 62.4 Å². The van der Waals surface area contributed by atoms with Crippen LogP contribution >= 0.6 is 0 Å². The SMILES string of the molecule is CC(C)CCCCCCCC1=CC(C(=O)O)C(CCCCCCCC(C)C)(C(=O)O)C=C1. The highest BCUT2D eigenvalue weighted by atomic mass is 16.4. The van der Waals surface area contributed by atoms with E-state index >= 15 is 0 Å². The first-order valence-electron chi connectivity index (χ1n) is 13.0. The molecule has 0 radical (unpaired) electrons. The molecule has 2 atom stereocenters. The lowest BCUT2D eigenvalue weighted by Crippen LogP contribution is -2.41. The van der Waals surface area contributed by atoms with E-state index in [2.05, 4.69) is 27.7 Å². The first-order chi connectivity index (χ1) is 15.2. The standard InChI is InChI=1S/C28H48O4/c1-22(2)15-11-7-5-9-13-17-24-18-20-28(27(31)32,25(21-24)26(29)30)19-14-10-6-8-12-16-23(3)4/h18,20-23,25H,5-17,19H2,1-4H3,(H,29,30)(H,31,32). The summed E-state index contributed by atoms with van der Waals surface area (Å²) in [5.74, 6) is -1.53. The van der Waals surface area contributed by atoms with Gasteiger partial charge in [0.15, 0.2) is 0 Å². The third kappa shape index (κ3) is 10.4. The highest BCUT2D eigenvalue weighted by molar-refractivity contribution is 5.87. The van der Waals surface area contributed by atoms with Crippen LogP contribution < -0.4 is 0 Å². The highest BCUT2D eigenvalue weighted by Crippen LogP contribution is 2.41. The molecule has 0 bridgehead atoms. The van der Waals surface area contributed by atoms with Crippen LogP contribution in [0.25, 0.3) is 0 Å². The first kappa shape index (κ1) is 28.5. The Hall–Kier alpha value is -1.58. The normalized spacial score (nSPS) is 20.7. The Kier molecular flexibility index (Phi) is 13.6. The second-order valence-electron chi connectivity index (χ2n) is 10.6. The van der Waals surface area contributed by atoms with Crippen LogP contribution in [-0.2, 0) is 9.59 Å². The van der Waals surface area contributed by atoms with Gasteiger partial charge >= 0.3 is 11.9 Å². The predicted molar refractivity (Wildman–Crippen MR) is 133 cm³/mol. The number of aliphatic carboxylic acids is 2. The third-order valence-electron chi connectivity index (χ3n) is 6.81. The van der Waals surface area contributed by atoms with E-state index in [4.69, 9.17) is 0 Å². The summed E-state index contributed by atoms with van der Waals surface area (Å²) in [7, 11) is 0. The monoisotopic (exact) mass is 448 g/mol. The largest absolute Gasteiger partial charge is 0.481 e. The van der Waals surface area contributed by atoms with Gasteiger partial charge in [-0.3, -0.25) is 9.59 Å². The summed E-state index contributed by atoms with van der Waals surface area (Å²) in [5, 5.41) is 19.8. The van der Waals surface area contributed by atoms with Crippen LogP contribution in [0.2, 0.25) is 0 Å². The number of allylic oxidation sites excluding steroid dienone is 2. The average molecular weight is 449 g/mol. The maximum Gasteiger partial charge on any atom is 0.314 e. The van der Waals surface area contributed by atoms with E-state index in [1.54, 1.807) is 12.2 Å². The molecule has 1 rings (SSSR count). The van der Waals surface area contributed by atoms with Crippen LogP contribution in [0.3, 0.4) is 0 Å². The van der Waals surface area contributed by atoms with Crippen molar-refractivity contribution >= 4 is 11.9 Å². The lowest BCUT2D eigenvalue weighted by Gasteiger charge is -2.33. The molecule has 184 valence electrons. The van der Waals surface area contributed by atoms with Gasteiger partial charge in [0.05, 0.1) is 5.92 Å². The minimum Gasteiger partial charge on any atom is -0.481 e. The minimum absolute atomic E-state index is 0.389. The quantitative estimate of drug-likeness (QED) is 0.208. The Morgan fingerprint density at radius 2 is 1.31 bits per heavy atom. The second kappa shape index (κ2) is 15.3. The summed E-state index contributed by atoms with van der Waals surface area (Å²) in [6.07, 6.45) is 20.1. The maximum absolute atomic E-state index is 12.2. The van der Waals surface area contributed by atoms with Crippen molar-refractivity contribution in [1.82, 2.24) is 0 Å². The summed E-state index contributed by atoms with van der Waals surface area (Å²) in [5.41, 5.74) is -0.338. The fraction of sp³-hybridized carbons (Fsp3) is 0.786. The number of unbranched alkanes of at least 4 members (excludes halogenated alkanes) is 8. The van der Waals surface area contributed by atoms with Crippen LogP contribution in [0.4, 0.5) is 0 Å². The maximum atomic E-state index is 12.2. The molecular formula is C28H48O4. The van der Waals surface area contributed by atoms with E-state index in [0.29, 0.717) is 6.42 Å². The van der Waals surface area contributed by atoms with E-state index in [9.17, 15) is 19.8 Å². The van der Waals surface area contributed by atoms with E-state index in [-0.39, 0.29) is 0 Å². The summed E-state index contributed by atoms with van der Waals surface area (Å²) in [4.78, 5) is 24.2. The Morgan fingerprint density at radius 3 is 1.81 bits per heavy atom. The summed E-state index contributed by atoms with van der Waals surface area (Å²) in [6.45, 7) is 8.97. The highest BCUT2D eigenvalue weighted by Gasteiger charge is 2.47. The van der Waals surface area contributed by atoms with Crippen LogP contribution in [0.1, 0.15) is 118 Å². The number of carboxylic acid groups (broad SMARTS) is 2. The summed E-state index contributed by atoms with van der Waals surface area (Å²) in [6, 6.07) is 0. The van der Waals surface area contributed by atoms with E-state index in [1.807, 2.05) is 6.08 Å². The minimum atomic E-state index is -1.32. The summed E-state index contributed by atoms with van der Waals surface area (Å²) >= 11 is 0. The number of hydrogen-bond donors (Lipinski definition) is 2. The molecule has 0 aromatic rings. The van der Waals surface area contributed by atoms with Gasteiger partial charge in [0.25, 0.3) is 0 Å². The number of carboxylic acids is 2. The molecule has 0 amide bonds. The second-order valence-corrected chi connectivity index (χ2v) is 10.6. The van der Waals surface area contributed by atoms with Gasteiger partial charge in [0.2, 0.25) is 0 Å². The van der Waals surface area contributed by atoms with Gasteiger partial charge in [-0.1, -0.05) is 122 Å². The Labute approximate surface area is 196 Å². The zero-order chi connectivity index (χ0) is 24.0. The van der Waals surface area contributed by atoms with Gasteiger partial charge in [0, 0.05) is 0 Å². The van der Waals surface area contributed by atoms with Crippen molar-refractivity contribution in [3.05, 3.63) is 23.8 Å². The first-order valence-corrected chi connectivity index (χ1v) is 13.0. The molecule has 4 nitrogen and oxygen atoms in total. The van der Waals surface area contributed by atoms with Gasteiger partial charge < -0.3 is 10.2 Å². The van der Waals surface area contributed by atoms with E-state index < -0.39 is 23.3 Å². The van der Waals surface area contributed by atoms with Gasteiger partial charge in [-0.15, -0.1) is 0 Å². The molecule has 0 spiro atoms. The molecule has 1 aliphatic carbocycles. The van der Waals surface area contributed by atoms with Crippen molar-refractivity contribution in [2.24, 2.45) is 23.2 Å². The van der Waals surface area contributed by atoms with Crippen molar-refractivity contribution in [3.8, 4) is 0 Å². The third-order valence-corrected chi connectivity index (χ3v) is 6.81. The smallest absolute Gasteiger partial charge is 0.314 e. The van der Waals surface area contributed by atoms with E-state index in [1.165, 1.54) is 38.5 Å². The number of rotatable bonds is 18. The number of carbonyl (C=O) groups is 2. The fourth-order valence-electron chi connectivity index (χ4n) is 4.70. The predicted octanol–water partition coefficient (Wildman–Crippen LogP) is 8.03. The van der Waals surface area contributed by atoms with Crippen LogP contribution in [0, 0.1) is 23.2 Å². The fourth-order valence-corrected chi connectivity index (χ4v) is 4.70. The molecule has 0 aromatic carbocycles. The molecule has 1 aliphatic rings. The molecule has 2 N–H and O–H groups in total. The molecule has 0 saturated carbocycles. The van der Waals surface area contributed by atoms with Gasteiger partial charge in [-0.25, -0.2) is 0 Å². The topological polar surface area (TPSA) is 74.6 Å². The van der Waals surface area contributed by atoms with Crippen LogP contribution in [0.5, 0.6) is 0 Å². The van der Waals surface area contributed by atoms with Crippen molar-refractivity contribution in [2.45, 2.75) is 118 Å². The molecule has 0 aliphatic heterocycles. The molecule has 0 aromatic heterocycles. The van der Waals surface area contributed by atoms with Crippen molar-refractivity contribution < 1.29 is 19.8 Å². The lowest BCUT2D eigenvalue weighted by atomic mass is 9.68. The molecular weight excluding hydrogens is 400 g/mol.